The largest absolute Gasteiger partial charge is 0.493 e. The number of carbonyl (C=O) groups excluding carboxylic acids is 10. The molecule has 4 heterocycles. The lowest BCUT2D eigenvalue weighted by atomic mass is 10.1. The number of fused-ring (bicyclic) bond motifs is 8. The third-order valence-corrected chi connectivity index (χ3v) is 19.5. The minimum atomic E-state index is -3.80. The average Bonchev–Trinajstić information content (AvgIpc) is 1.60. The fourth-order valence-electron chi connectivity index (χ4n) is 12.7. The minimum Gasteiger partial charge on any atom is -0.493 e. The molecule has 0 aliphatic carbocycles. The molecule has 32 nitrogen and oxygen atoms in total. The van der Waals surface area contributed by atoms with Crippen molar-refractivity contribution >= 4 is 120 Å². The number of benzene rings is 6. The summed E-state index contributed by atoms with van der Waals surface area (Å²) in [5, 5.41) is 19.2. The molecule has 10 rings (SSSR count). The predicted molar refractivity (Wildman–Crippen MR) is 414 cm³/mol. The van der Waals surface area contributed by atoms with E-state index in [0.29, 0.717) is 101 Å². The number of hydrogen-bond acceptors (Lipinski definition) is 24. The van der Waals surface area contributed by atoms with Gasteiger partial charge in [-0.3, -0.25) is 66.2 Å². The van der Waals surface area contributed by atoms with E-state index >= 15 is 0 Å². The molecule has 4 aliphatic rings. The van der Waals surface area contributed by atoms with Gasteiger partial charge in [0.15, 0.2) is 23.0 Å². The van der Waals surface area contributed by atoms with Crippen LogP contribution in [0, 0.1) is 0 Å². The molecule has 34 heteroatoms. The van der Waals surface area contributed by atoms with Crippen LogP contribution in [-0.4, -0.2) is 166 Å². The van der Waals surface area contributed by atoms with Gasteiger partial charge in [-0.05, 0) is 154 Å². The topological polar surface area (TPSA) is 416 Å². The molecule has 7 N–H and O–H groups in total. The summed E-state index contributed by atoms with van der Waals surface area (Å²) < 4.78 is 89.9. The Morgan fingerprint density at radius 2 is 0.911 bits per heavy atom. The summed E-state index contributed by atoms with van der Waals surface area (Å²) in [6.07, 6.45) is 7.35. The van der Waals surface area contributed by atoms with Crippen molar-refractivity contribution < 1.29 is 102 Å². The maximum atomic E-state index is 13.8. The number of esters is 2. The Morgan fingerprint density at radius 3 is 1.38 bits per heavy atom. The molecule has 0 aromatic heterocycles. The van der Waals surface area contributed by atoms with Crippen LogP contribution < -0.4 is 66.0 Å². The van der Waals surface area contributed by atoms with Crippen LogP contribution in [0.5, 0.6) is 23.0 Å². The summed E-state index contributed by atoms with van der Waals surface area (Å²) in [5.41, 5.74) is 8.06. The number of amides is 8. The van der Waals surface area contributed by atoms with Crippen molar-refractivity contribution in [1.29, 1.82) is 0 Å². The SMILES string of the molecule is COC(=O)CCCCC(=O)N[C@@H](C)C(=O)N[C@@H](C)C(=O)Nc1cc(COc2cc3c(cc2OC)C(=O)N2c4ccccc4C[C@H]2C=N3)cc(COS(C)(=O)=O)c1.COC(=O)CCCCC(=O)N[C@@H](C)C(=O)N[C@@H](C)C(=O)Nc1cc(COc2cc3c(cc2OC)C(=O)N2c4ccccc4C[C@H]2CN3)cc(COS(C)(=O)=O)c1. The van der Waals surface area contributed by atoms with Gasteiger partial charge in [-0.25, -0.2) is 0 Å². The standard InChI is InChI=1S/C39H47N5O11S.C39H45N5O11S/c2*1-23(41-35(45)12-8-9-13-36(46)53-4)37(47)42-24(2)38(48)43-28-15-25(14-26(16-28)22-55-56(5,50)51)21-54-34-19-31-30(18-33(34)52-3)39(49)44-29(20-40-31)17-27-10-6-7-11-32(27)44/h6-7,10-11,14-16,18-19,23-24,29,40H,8-9,12-13,17,20-22H2,1-5H3,(H,41,45)(H,42,47)(H,43,48);6-7,10-11,14-16,18-20,23-24,29H,8-9,12-13,17,21-22H2,1-5H3,(H,41,45)(H,42,47)(H,43,48)/t2*23-,24-,29-/m00/s1. The Morgan fingerprint density at radius 1 is 0.491 bits per heavy atom. The van der Waals surface area contributed by atoms with E-state index in [0.717, 1.165) is 41.4 Å². The van der Waals surface area contributed by atoms with Gasteiger partial charge in [-0.1, -0.05) is 36.4 Å². The summed E-state index contributed by atoms with van der Waals surface area (Å²) in [6, 6.07) is 27.5. The van der Waals surface area contributed by atoms with Crippen LogP contribution >= 0.6 is 0 Å². The number of aliphatic imine (C=N–C) groups is 1. The first kappa shape index (κ1) is 84.5. The maximum absolute atomic E-state index is 13.8. The van der Waals surface area contributed by atoms with Crippen molar-refractivity contribution in [2.24, 2.45) is 4.99 Å². The lowest BCUT2D eigenvalue weighted by Crippen LogP contribution is -2.50. The molecule has 0 fully saturated rings. The van der Waals surface area contributed by atoms with Crippen LogP contribution in [-0.2, 0) is 116 Å². The number of unbranched alkanes of at least 4 members (excludes halogenated alkanes) is 2. The van der Waals surface area contributed by atoms with E-state index in [1.807, 2.05) is 53.4 Å². The molecule has 598 valence electrons. The van der Waals surface area contributed by atoms with Gasteiger partial charge in [0.1, 0.15) is 37.4 Å². The number of methoxy groups -OCH3 is 4. The smallest absolute Gasteiger partial charge is 0.305 e. The first-order valence-electron chi connectivity index (χ1n) is 36.0. The number of rotatable bonds is 34. The Balaban J connectivity index is 0.000000257. The third-order valence-electron chi connectivity index (χ3n) is 18.4. The van der Waals surface area contributed by atoms with E-state index in [9.17, 15) is 64.8 Å². The van der Waals surface area contributed by atoms with Crippen LogP contribution in [0.25, 0.3) is 0 Å². The second-order valence-electron chi connectivity index (χ2n) is 27.1. The molecule has 112 heavy (non-hydrogen) atoms. The van der Waals surface area contributed by atoms with Gasteiger partial charge in [0, 0.05) is 79.7 Å². The van der Waals surface area contributed by atoms with Crippen molar-refractivity contribution in [1.82, 2.24) is 21.3 Å². The zero-order valence-electron chi connectivity index (χ0n) is 63.7. The average molecular weight is 1590 g/mol. The van der Waals surface area contributed by atoms with E-state index in [2.05, 4.69) is 51.7 Å². The van der Waals surface area contributed by atoms with Crippen molar-refractivity contribution in [3.05, 3.63) is 154 Å². The van der Waals surface area contributed by atoms with Gasteiger partial charge in [0.05, 0.1) is 88.7 Å². The van der Waals surface area contributed by atoms with Gasteiger partial charge >= 0.3 is 11.9 Å². The van der Waals surface area contributed by atoms with Crippen LogP contribution in [0.3, 0.4) is 0 Å². The lowest BCUT2D eigenvalue weighted by Gasteiger charge is -2.22. The number of hydrogen-bond donors (Lipinski definition) is 7. The zero-order valence-corrected chi connectivity index (χ0v) is 65.3. The van der Waals surface area contributed by atoms with Crippen LogP contribution in [0.4, 0.5) is 34.1 Å². The van der Waals surface area contributed by atoms with Crippen LogP contribution in [0.1, 0.15) is 133 Å². The first-order valence-corrected chi connectivity index (χ1v) is 39.6. The highest BCUT2D eigenvalue weighted by Crippen LogP contribution is 2.43. The van der Waals surface area contributed by atoms with Gasteiger partial charge in [-0.2, -0.15) is 16.8 Å². The molecular weight excluding hydrogens is 1490 g/mol. The monoisotopic (exact) mass is 1580 g/mol. The van der Waals surface area contributed by atoms with E-state index < -0.39 is 68.0 Å². The highest BCUT2D eigenvalue weighted by atomic mass is 32.2. The number of ether oxygens (including phenoxy) is 6. The molecule has 0 spiro atoms. The molecule has 6 atom stereocenters. The summed E-state index contributed by atoms with van der Waals surface area (Å²) >= 11 is 0. The molecule has 0 bridgehead atoms. The lowest BCUT2D eigenvalue weighted by molar-refractivity contribution is -0.141. The van der Waals surface area contributed by atoms with Gasteiger partial charge < -0.3 is 70.5 Å². The number of anilines is 5. The van der Waals surface area contributed by atoms with E-state index in [1.165, 1.54) is 68.3 Å². The van der Waals surface area contributed by atoms with Crippen LogP contribution in [0.15, 0.2) is 114 Å². The third kappa shape index (κ3) is 23.3. The van der Waals surface area contributed by atoms with Crippen molar-refractivity contribution in [3.63, 3.8) is 0 Å². The molecule has 6 aromatic rings. The van der Waals surface area contributed by atoms with E-state index in [1.54, 1.807) is 59.6 Å². The number of carbonyl (C=O) groups is 10. The van der Waals surface area contributed by atoms with Gasteiger partial charge in [-0.15, -0.1) is 0 Å². The van der Waals surface area contributed by atoms with Crippen molar-refractivity contribution in [2.75, 3.05) is 73.2 Å². The summed E-state index contributed by atoms with van der Waals surface area (Å²) in [7, 11) is -2.10. The highest BCUT2D eigenvalue weighted by Gasteiger charge is 2.39. The fraction of sp³-hybridized carbons (Fsp3) is 0.397. The van der Waals surface area contributed by atoms with Crippen molar-refractivity contribution in [3.8, 4) is 23.0 Å². The minimum absolute atomic E-state index is 0.0486. The Labute approximate surface area is 648 Å². The summed E-state index contributed by atoms with van der Waals surface area (Å²) in [5.74, 6) is -2.97. The molecule has 0 saturated heterocycles. The van der Waals surface area contributed by atoms with Crippen LogP contribution in [0.2, 0.25) is 0 Å². The normalized spacial score (nSPS) is 15.4. The highest BCUT2D eigenvalue weighted by molar-refractivity contribution is 7.86. The molecule has 8 amide bonds. The van der Waals surface area contributed by atoms with E-state index in [-0.39, 0.29) is 117 Å². The molecular formula is C78H92N10O22S2. The molecule has 0 radical (unpaired) electrons. The second kappa shape index (κ2) is 38.4. The molecule has 6 aromatic carbocycles. The number of para-hydroxylation sites is 2. The first-order chi connectivity index (χ1) is 53.3. The molecule has 0 saturated carbocycles. The Kier molecular flexibility index (Phi) is 29.0. The van der Waals surface area contributed by atoms with E-state index in [4.69, 9.17) is 27.3 Å². The quantitative estimate of drug-likeness (QED) is 0.0120. The Bertz CT molecular complexity index is 4820. The zero-order chi connectivity index (χ0) is 81.1. The van der Waals surface area contributed by atoms with Gasteiger partial charge in [0.25, 0.3) is 32.1 Å². The van der Waals surface area contributed by atoms with Gasteiger partial charge in [0.2, 0.25) is 35.4 Å². The second-order valence-corrected chi connectivity index (χ2v) is 30.4. The predicted octanol–water partition coefficient (Wildman–Crippen LogP) is 7.15. The molecule has 0 unspecified atom stereocenters. The fourth-order valence-corrected chi connectivity index (χ4v) is 13.4. The number of nitrogens with zero attached hydrogens (tertiary/aromatic N) is 3. The summed E-state index contributed by atoms with van der Waals surface area (Å²) in [4.78, 5) is 135. The Hall–Kier alpha value is -11.5. The number of nitrogens with one attached hydrogen (secondary N) is 7. The maximum Gasteiger partial charge on any atom is 0.305 e. The van der Waals surface area contributed by atoms with Crippen molar-refractivity contribution in [2.45, 2.75) is 155 Å². The molecule has 4 aliphatic heterocycles. The summed E-state index contributed by atoms with van der Waals surface area (Å²) in [6.45, 7) is 5.66.